The highest BCUT2D eigenvalue weighted by Crippen LogP contribution is 2.12. The Morgan fingerprint density at radius 2 is 1.96 bits per heavy atom. The molecule has 0 aliphatic carbocycles. The molecule has 1 aliphatic heterocycles. The molecule has 0 unspecified atom stereocenters. The van der Waals surface area contributed by atoms with E-state index in [9.17, 15) is 18.0 Å². The Kier molecular flexibility index (Phi) is 10.4. The largest absolute Gasteiger partial charge is 0.519 e. The zero-order valence-corrected chi connectivity index (χ0v) is 14.5. The molecule has 0 saturated carbocycles. The van der Waals surface area contributed by atoms with Gasteiger partial charge in [-0.25, -0.2) is 9.97 Å². The first kappa shape index (κ1) is 22.8. The van der Waals surface area contributed by atoms with E-state index < -0.39 is 6.36 Å². The lowest BCUT2D eigenvalue weighted by Gasteiger charge is -2.33. The standard InChI is InChI=1S/C13H20N4O.C2H4.CHF3O/c1-3-5-11-8-12(15-9-14-11)16-10(2)13(18)17-6-4-7-17;1-2;2-1(3,4)5/h8-10H,3-7H2,1-2H3,(H,14,15,16);1-2H2;5H/t10-;;/m1../s1. The quantitative estimate of drug-likeness (QED) is 0.788. The van der Waals surface area contributed by atoms with Gasteiger partial charge in [-0.05, 0) is 19.8 Å². The van der Waals surface area contributed by atoms with E-state index in [0.717, 1.165) is 43.9 Å². The van der Waals surface area contributed by atoms with Gasteiger partial charge in [0.15, 0.2) is 0 Å². The molecule has 1 aliphatic rings. The summed E-state index contributed by atoms with van der Waals surface area (Å²) in [5.41, 5.74) is 1.01. The number of amides is 1. The molecule has 9 heteroatoms. The molecule has 1 amide bonds. The SMILES string of the molecule is C=C.CCCc1cc(N[C@H](C)C(=O)N2CCC2)ncn1.OC(F)(F)F. The number of halogens is 3. The van der Waals surface area contributed by atoms with Crippen LogP contribution >= 0.6 is 0 Å². The normalized spacial score (nSPS) is 14.1. The van der Waals surface area contributed by atoms with Crippen molar-refractivity contribution in [3.8, 4) is 0 Å². The van der Waals surface area contributed by atoms with E-state index >= 15 is 0 Å². The molecule has 25 heavy (non-hydrogen) atoms. The van der Waals surface area contributed by atoms with E-state index in [2.05, 4.69) is 35.4 Å². The number of rotatable bonds is 5. The summed E-state index contributed by atoms with van der Waals surface area (Å²) < 4.78 is 29.7. The summed E-state index contributed by atoms with van der Waals surface area (Å²) in [7, 11) is 0. The zero-order chi connectivity index (χ0) is 19.5. The molecule has 0 aromatic carbocycles. The maximum absolute atomic E-state index is 12.0. The van der Waals surface area contributed by atoms with Gasteiger partial charge < -0.3 is 15.3 Å². The third-order valence-corrected chi connectivity index (χ3v) is 3.13. The second-order valence-corrected chi connectivity index (χ2v) is 5.16. The number of alkyl halides is 3. The fraction of sp³-hybridized carbons (Fsp3) is 0.562. The molecule has 1 aromatic rings. The Labute approximate surface area is 145 Å². The lowest BCUT2D eigenvalue weighted by atomic mass is 10.1. The van der Waals surface area contributed by atoms with Crippen LogP contribution in [0.2, 0.25) is 0 Å². The van der Waals surface area contributed by atoms with Crippen LogP contribution in [-0.4, -0.2) is 51.4 Å². The average molecular weight is 362 g/mol. The third kappa shape index (κ3) is 10.3. The Morgan fingerprint density at radius 3 is 2.40 bits per heavy atom. The van der Waals surface area contributed by atoms with Crippen LogP contribution in [0.4, 0.5) is 19.0 Å². The highest BCUT2D eigenvalue weighted by atomic mass is 19.4. The molecule has 1 aromatic heterocycles. The molecule has 2 heterocycles. The van der Waals surface area contributed by atoms with Gasteiger partial charge in [0, 0.05) is 24.8 Å². The van der Waals surface area contributed by atoms with Gasteiger partial charge in [0.2, 0.25) is 5.91 Å². The zero-order valence-electron chi connectivity index (χ0n) is 14.5. The van der Waals surface area contributed by atoms with Crippen LogP contribution in [0, 0.1) is 0 Å². The summed E-state index contributed by atoms with van der Waals surface area (Å²) in [4.78, 5) is 22.2. The van der Waals surface area contributed by atoms with Gasteiger partial charge >= 0.3 is 6.36 Å². The van der Waals surface area contributed by atoms with E-state index in [1.54, 1.807) is 6.33 Å². The fourth-order valence-corrected chi connectivity index (χ4v) is 1.96. The molecule has 2 rings (SSSR count). The van der Waals surface area contributed by atoms with Gasteiger partial charge in [0.1, 0.15) is 18.2 Å². The molecule has 1 saturated heterocycles. The highest BCUT2D eigenvalue weighted by molar-refractivity contribution is 5.84. The van der Waals surface area contributed by atoms with Crippen LogP contribution < -0.4 is 5.32 Å². The van der Waals surface area contributed by atoms with Crippen LogP contribution in [0.1, 0.15) is 32.4 Å². The van der Waals surface area contributed by atoms with Crippen LogP contribution in [0.15, 0.2) is 25.6 Å². The number of carbonyl (C=O) groups is 1. The number of aromatic nitrogens is 2. The van der Waals surface area contributed by atoms with Crippen molar-refractivity contribution in [1.29, 1.82) is 0 Å². The van der Waals surface area contributed by atoms with Gasteiger partial charge in [-0.15, -0.1) is 26.3 Å². The maximum atomic E-state index is 12.0. The van der Waals surface area contributed by atoms with Crippen molar-refractivity contribution in [3.05, 3.63) is 31.2 Å². The number of likely N-dealkylation sites (tertiary alicyclic amines) is 1. The van der Waals surface area contributed by atoms with Gasteiger partial charge in [0.05, 0.1) is 0 Å². The first-order valence-corrected chi connectivity index (χ1v) is 7.86. The van der Waals surface area contributed by atoms with Crippen LogP contribution in [0.5, 0.6) is 0 Å². The number of aryl methyl sites for hydroxylation is 1. The lowest BCUT2D eigenvalue weighted by molar-refractivity contribution is -0.295. The first-order valence-electron chi connectivity index (χ1n) is 7.86. The summed E-state index contributed by atoms with van der Waals surface area (Å²) in [5.74, 6) is 0.881. The lowest BCUT2D eigenvalue weighted by Crippen LogP contribution is -2.48. The molecule has 2 N–H and O–H groups in total. The molecule has 0 spiro atoms. The van der Waals surface area contributed by atoms with Crippen molar-refractivity contribution in [2.24, 2.45) is 0 Å². The number of carbonyl (C=O) groups excluding carboxylic acids is 1. The third-order valence-electron chi connectivity index (χ3n) is 3.13. The minimum absolute atomic E-state index is 0.150. The van der Waals surface area contributed by atoms with Gasteiger partial charge in [-0.3, -0.25) is 4.79 Å². The molecule has 142 valence electrons. The molecular weight excluding hydrogens is 337 g/mol. The van der Waals surface area contributed by atoms with E-state index in [1.165, 1.54) is 0 Å². The Morgan fingerprint density at radius 1 is 1.40 bits per heavy atom. The van der Waals surface area contributed by atoms with E-state index in [1.807, 2.05) is 17.9 Å². The van der Waals surface area contributed by atoms with Gasteiger partial charge in [-0.2, -0.15) is 0 Å². The summed E-state index contributed by atoms with van der Waals surface area (Å²) in [6, 6.07) is 1.69. The number of hydrogen-bond donors (Lipinski definition) is 2. The monoisotopic (exact) mass is 362 g/mol. The summed E-state index contributed by atoms with van der Waals surface area (Å²) >= 11 is 0. The topological polar surface area (TPSA) is 78.4 Å². The van der Waals surface area contributed by atoms with Crippen LogP contribution in [-0.2, 0) is 11.2 Å². The van der Waals surface area contributed by atoms with Gasteiger partial charge in [-0.1, -0.05) is 13.3 Å². The number of hydrogen-bond acceptors (Lipinski definition) is 5. The average Bonchev–Trinajstić information content (AvgIpc) is 2.46. The number of nitrogens with one attached hydrogen (secondary N) is 1. The van der Waals surface area contributed by atoms with Crippen molar-refractivity contribution in [2.75, 3.05) is 18.4 Å². The van der Waals surface area contributed by atoms with Crippen molar-refractivity contribution in [1.82, 2.24) is 14.9 Å². The van der Waals surface area contributed by atoms with Crippen LogP contribution in [0.3, 0.4) is 0 Å². The predicted molar refractivity (Wildman–Crippen MR) is 89.8 cm³/mol. The summed E-state index contributed by atoms with van der Waals surface area (Å²) in [5, 5.41) is 9.67. The molecule has 0 bridgehead atoms. The molecule has 0 radical (unpaired) electrons. The fourth-order valence-electron chi connectivity index (χ4n) is 1.96. The van der Waals surface area contributed by atoms with Crippen molar-refractivity contribution in [2.45, 2.75) is 45.5 Å². The second kappa shape index (κ2) is 11.4. The van der Waals surface area contributed by atoms with E-state index in [-0.39, 0.29) is 11.9 Å². The number of aliphatic hydroxyl groups is 1. The van der Waals surface area contributed by atoms with Crippen molar-refractivity contribution < 1.29 is 23.1 Å². The predicted octanol–water partition coefficient (Wildman–Crippen LogP) is 2.76. The smallest absolute Gasteiger partial charge is 0.359 e. The van der Waals surface area contributed by atoms with E-state index in [0.29, 0.717) is 0 Å². The highest BCUT2D eigenvalue weighted by Gasteiger charge is 2.25. The molecular formula is C16H25F3N4O2. The summed E-state index contributed by atoms with van der Waals surface area (Å²) in [6.07, 6.45) is -0.342. The van der Waals surface area contributed by atoms with Crippen LogP contribution in [0.25, 0.3) is 0 Å². The first-order chi connectivity index (χ1) is 11.7. The Balaban J connectivity index is 0.000000710. The maximum Gasteiger partial charge on any atom is 0.519 e. The Bertz CT molecular complexity index is 516. The second-order valence-electron chi connectivity index (χ2n) is 5.16. The molecule has 1 atom stereocenters. The Hall–Kier alpha value is -2.16. The minimum atomic E-state index is -5.00. The number of nitrogens with zero attached hydrogens (tertiary/aromatic N) is 3. The summed E-state index contributed by atoms with van der Waals surface area (Å²) in [6.45, 7) is 11.8. The van der Waals surface area contributed by atoms with E-state index in [4.69, 9.17) is 5.11 Å². The van der Waals surface area contributed by atoms with Gasteiger partial charge in [0.25, 0.3) is 0 Å². The number of anilines is 1. The molecule has 1 fully saturated rings. The molecule has 6 nitrogen and oxygen atoms in total. The minimum Gasteiger partial charge on any atom is -0.359 e. The van der Waals surface area contributed by atoms with Crippen molar-refractivity contribution in [3.63, 3.8) is 0 Å². The van der Waals surface area contributed by atoms with Crippen molar-refractivity contribution >= 4 is 11.7 Å².